The van der Waals surface area contributed by atoms with E-state index in [4.69, 9.17) is 14.2 Å². The van der Waals surface area contributed by atoms with E-state index in [1.807, 2.05) is 73.3 Å². The molecule has 2 heterocycles. The van der Waals surface area contributed by atoms with Gasteiger partial charge in [0.1, 0.15) is 6.10 Å². The van der Waals surface area contributed by atoms with Crippen LogP contribution in [0.2, 0.25) is 0 Å². The molecule has 0 amide bonds. The average molecular weight is 364 g/mol. The maximum Gasteiger partial charge on any atom is 0.229 e. The van der Waals surface area contributed by atoms with Crippen molar-refractivity contribution in [3.05, 3.63) is 78.0 Å². The number of ether oxygens (including phenoxy) is 3. The Morgan fingerprint density at radius 3 is 2.26 bits per heavy atom. The van der Waals surface area contributed by atoms with Gasteiger partial charge < -0.3 is 14.2 Å². The van der Waals surface area contributed by atoms with E-state index >= 15 is 0 Å². The third-order valence-electron chi connectivity index (χ3n) is 4.76. The summed E-state index contributed by atoms with van der Waals surface area (Å²) in [5.41, 5.74) is 3.13. The Labute approximate surface area is 159 Å². The van der Waals surface area contributed by atoms with Crippen LogP contribution in [0.5, 0.6) is 5.88 Å². The molecular weight excluding hydrogens is 340 g/mol. The molecule has 1 aliphatic heterocycles. The number of fused-ring (bicyclic) bond motifs is 1. The highest BCUT2D eigenvalue weighted by Crippen LogP contribution is 2.43. The van der Waals surface area contributed by atoms with Crippen LogP contribution in [0.15, 0.2) is 66.9 Å². The Kier molecular flexibility index (Phi) is 5.23. The van der Waals surface area contributed by atoms with Crippen molar-refractivity contribution in [1.82, 2.24) is 9.78 Å². The lowest BCUT2D eigenvalue weighted by Crippen LogP contribution is -2.45. The Bertz CT molecular complexity index is 864. The molecule has 0 unspecified atom stereocenters. The van der Waals surface area contributed by atoms with Gasteiger partial charge in [-0.15, -0.1) is 0 Å². The smallest absolute Gasteiger partial charge is 0.229 e. The van der Waals surface area contributed by atoms with Gasteiger partial charge in [-0.2, -0.15) is 5.10 Å². The quantitative estimate of drug-likeness (QED) is 0.659. The van der Waals surface area contributed by atoms with Gasteiger partial charge in [0.05, 0.1) is 11.9 Å². The van der Waals surface area contributed by atoms with Crippen molar-refractivity contribution < 1.29 is 14.2 Å². The number of para-hydroxylation sites is 1. The summed E-state index contributed by atoms with van der Waals surface area (Å²) in [6.07, 6.45) is 1.15. The van der Waals surface area contributed by atoms with Gasteiger partial charge in [0.25, 0.3) is 0 Å². The molecule has 0 aliphatic carbocycles. The molecule has 5 nitrogen and oxygen atoms in total. The summed E-state index contributed by atoms with van der Waals surface area (Å²) in [6, 6.07) is 20.3. The molecule has 27 heavy (non-hydrogen) atoms. The van der Waals surface area contributed by atoms with E-state index in [2.05, 4.69) is 17.2 Å². The third-order valence-corrected chi connectivity index (χ3v) is 4.76. The fraction of sp³-hybridized carbons (Fsp3) is 0.318. The SMILES string of the molecule is CCO[C@@H]1Oc2c(cnn2-c2ccccc2)[C@H](c2ccccc2)[C@H]1OCC. The Hall–Kier alpha value is -2.63. The van der Waals surface area contributed by atoms with Gasteiger partial charge in [0.2, 0.25) is 12.2 Å². The first-order chi connectivity index (χ1) is 13.3. The van der Waals surface area contributed by atoms with Crippen LogP contribution in [0.4, 0.5) is 0 Å². The molecule has 3 aromatic rings. The van der Waals surface area contributed by atoms with Crippen molar-refractivity contribution >= 4 is 0 Å². The van der Waals surface area contributed by atoms with Gasteiger partial charge in [-0.25, -0.2) is 4.68 Å². The lowest BCUT2D eigenvalue weighted by atomic mass is 9.86. The summed E-state index contributed by atoms with van der Waals surface area (Å²) < 4.78 is 20.1. The normalized spacial score (nSPS) is 21.5. The summed E-state index contributed by atoms with van der Waals surface area (Å²) in [4.78, 5) is 0. The minimum atomic E-state index is -0.494. The van der Waals surface area contributed by atoms with Crippen molar-refractivity contribution in [3.8, 4) is 11.6 Å². The molecule has 0 fully saturated rings. The molecule has 5 heteroatoms. The van der Waals surface area contributed by atoms with Gasteiger partial charge in [-0.1, -0.05) is 48.5 Å². The zero-order chi connectivity index (χ0) is 18.6. The van der Waals surface area contributed by atoms with E-state index in [1.165, 1.54) is 0 Å². The largest absolute Gasteiger partial charge is 0.445 e. The third kappa shape index (κ3) is 3.36. The molecule has 140 valence electrons. The Balaban J connectivity index is 1.84. The van der Waals surface area contributed by atoms with E-state index in [0.29, 0.717) is 19.1 Å². The minimum absolute atomic E-state index is 0.0103. The van der Waals surface area contributed by atoms with Crippen molar-refractivity contribution in [3.63, 3.8) is 0 Å². The number of rotatable bonds is 6. The molecule has 0 bridgehead atoms. The molecule has 4 rings (SSSR count). The van der Waals surface area contributed by atoms with Gasteiger partial charge >= 0.3 is 0 Å². The van der Waals surface area contributed by atoms with E-state index in [0.717, 1.165) is 16.8 Å². The molecule has 1 aromatic heterocycles. The Morgan fingerprint density at radius 2 is 1.59 bits per heavy atom. The highest BCUT2D eigenvalue weighted by molar-refractivity contribution is 5.45. The number of nitrogens with zero attached hydrogens (tertiary/aromatic N) is 2. The van der Waals surface area contributed by atoms with Gasteiger partial charge in [-0.3, -0.25) is 0 Å². The van der Waals surface area contributed by atoms with Gasteiger partial charge in [0, 0.05) is 24.7 Å². The number of aromatic nitrogens is 2. The standard InChI is InChI=1S/C22H24N2O3/c1-3-25-20-19(16-11-7-5-8-12-16)18-15-23-24(17-13-9-6-10-14-17)21(18)27-22(20)26-4-2/h5-15,19-20,22H,3-4H2,1-2H3/t19-,20+,22+/m0/s1. The first-order valence-corrected chi connectivity index (χ1v) is 9.41. The molecular formula is C22H24N2O3. The van der Waals surface area contributed by atoms with E-state index in [9.17, 15) is 0 Å². The highest BCUT2D eigenvalue weighted by atomic mass is 16.7. The zero-order valence-corrected chi connectivity index (χ0v) is 15.6. The lowest BCUT2D eigenvalue weighted by molar-refractivity contribution is -0.174. The van der Waals surface area contributed by atoms with Crippen LogP contribution in [0.3, 0.4) is 0 Å². The summed E-state index contributed by atoms with van der Waals surface area (Å²) in [7, 11) is 0. The van der Waals surface area contributed by atoms with Crippen LogP contribution in [-0.2, 0) is 9.47 Å². The van der Waals surface area contributed by atoms with E-state index in [1.54, 1.807) is 0 Å². The fourth-order valence-electron chi connectivity index (χ4n) is 3.64. The van der Waals surface area contributed by atoms with E-state index < -0.39 is 6.29 Å². The fourth-order valence-corrected chi connectivity index (χ4v) is 3.64. The first-order valence-electron chi connectivity index (χ1n) is 9.41. The lowest BCUT2D eigenvalue weighted by Gasteiger charge is -2.37. The summed E-state index contributed by atoms with van der Waals surface area (Å²) >= 11 is 0. The van der Waals surface area contributed by atoms with Crippen molar-refractivity contribution in [2.45, 2.75) is 32.2 Å². The van der Waals surface area contributed by atoms with E-state index in [-0.39, 0.29) is 12.0 Å². The van der Waals surface area contributed by atoms with Crippen LogP contribution in [-0.4, -0.2) is 35.4 Å². The highest BCUT2D eigenvalue weighted by Gasteiger charge is 2.43. The van der Waals surface area contributed by atoms with Crippen molar-refractivity contribution in [1.29, 1.82) is 0 Å². The van der Waals surface area contributed by atoms with Crippen molar-refractivity contribution in [2.75, 3.05) is 13.2 Å². The molecule has 0 radical (unpaired) electrons. The molecule has 3 atom stereocenters. The van der Waals surface area contributed by atoms with Crippen LogP contribution in [0.1, 0.15) is 30.9 Å². The maximum atomic E-state index is 6.27. The second-order valence-corrected chi connectivity index (χ2v) is 6.40. The average Bonchev–Trinajstić information content (AvgIpc) is 3.13. The molecule has 0 spiro atoms. The second-order valence-electron chi connectivity index (χ2n) is 6.40. The molecule has 2 aromatic carbocycles. The van der Waals surface area contributed by atoms with Crippen LogP contribution >= 0.6 is 0 Å². The maximum absolute atomic E-state index is 6.27. The van der Waals surface area contributed by atoms with Crippen LogP contribution in [0, 0.1) is 0 Å². The zero-order valence-electron chi connectivity index (χ0n) is 15.6. The predicted octanol–water partition coefficient (Wildman–Crippen LogP) is 4.16. The molecule has 0 N–H and O–H groups in total. The summed E-state index contributed by atoms with van der Waals surface area (Å²) in [5, 5.41) is 4.61. The first kappa shape index (κ1) is 17.8. The number of benzene rings is 2. The monoisotopic (exact) mass is 364 g/mol. The number of hydrogen-bond acceptors (Lipinski definition) is 4. The Morgan fingerprint density at radius 1 is 0.926 bits per heavy atom. The van der Waals surface area contributed by atoms with Gasteiger partial charge in [0.15, 0.2) is 0 Å². The molecule has 1 aliphatic rings. The van der Waals surface area contributed by atoms with Crippen molar-refractivity contribution in [2.24, 2.45) is 0 Å². The predicted molar refractivity (Wildman–Crippen MR) is 103 cm³/mol. The molecule has 0 saturated carbocycles. The van der Waals surface area contributed by atoms with Crippen LogP contribution < -0.4 is 4.74 Å². The number of hydrogen-bond donors (Lipinski definition) is 0. The molecule has 0 saturated heterocycles. The topological polar surface area (TPSA) is 45.5 Å². The van der Waals surface area contributed by atoms with Gasteiger partial charge in [-0.05, 0) is 31.5 Å². The second kappa shape index (κ2) is 7.94. The summed E-state index contributed by atoms with van der Waals surface area (Å²) in [6.45, 7) is 5.09. The minimum Gasteiger partial charge on any atom is -0.445 e. The summed E-state index contributed by atoms with van der Waals surface area (Å²) in [5.74, 6) is 0.702. The van der Waals surface area contributed by atoms with Crippen LogP contribution in [0.25, 0.3) is 5.69 Å².